The first-order chi connectivity index (χ1) is 17.6. The molecule has 37 heavy (non-hydrogen) atoms. The van der Waals surface area contributed by atoms with Crippen molar-refractivity contribution in [2.75, 3.05) is 17.1 Å². The topological polar surface area (TPSA) is 131 Å². The van der Waals surface area contributed by atoms with E-state index in [1.54, 1.807) is 0 Å². The van der Waals surface area contributed by atoms with Crippen molar-refractivity contribution in [2.45, 2.75) is 31.1 Å². The van der Waals surface area contributed by atoms with Crippen molar-refractivity contribution in [1.82, 2.24) is 5.32 Å². The standard InChI is InChI=1S/C25H24FN3O6S2/c1-14-3-12-19-20(13-14)36-24(21(19)23(31)28-25(32)35-2)27-22(30)15-4-8-17(9-5-15)29-37(33,34)18-10-6-16(26)7-11-18/h4-11,14,29H,3,12-13H2,1-2H3,(H,27,30)(H,28,31,32). The maximum Gasteiger partial charge on any atom is 0.413 e. The minimum absolute atomic E-state index is 0.107. The van der Waals surface area contributed by atoms with Gasteiger partial charge in [0.25, 0.3) is 21.8 Å². The molecule has 12 heteroatoms. The fourth-order valence-corrected chi connectivity index (χ4v) is 6.44. The van der Waals surface area contributed by atoms with Crippen molar-refractivity contribution in [3.05, 3.63) is 75.9 Å². The summed E-state index contributed by atoms with van der Waals surface area (Å²) in [7, 11) is -2.79. The molecule has 1 aliphatic rings. The van der Waals surface area contributed by atoms with E-state index in [0.717, 1.165) is 54.7 Å². The molecule has 1 unspecified atom stereocenters. The lowest BCUT2D eigenvalue weighted by Crippen LogP contribution is -2.31. The lowest BCUT2D eigenvalue weighted by molar-refractivity contribution is 0.0936. The van der Waals surface area contributed by atoms with E-state index in [9.17, 15) is 27.2 Å². The van der Waals surface area contributed by atoms with Gasteiger partial charge in [0.05, 0.1) is 17.6 Å². The molecule has 0 aliphatic heterocycles. The van der Waals surface area contributed by atoms with E-state index in [1.165, 1.54) is 35.6 Å². The number of rotatable bonds is 6. The van der Waals surface area contributed by atoms with Crippen LogP contribution in [0.3, 0.4) is 0 Å². The van der Waals surface area contributed by atoms with Crippen LogP contribution in [0.25, 0.3) is 0 Å². The molecule has 3 amide bonds. The van der Waals surface area contributed by atoms with E-state index >= 15 is 0 Å². The number of carbonyl (C=O) groups excluding carboxylic acids is 3. The molecular formula is C25H24FN3O6S2. The van der Waals surface area contributed by atoms with Gasteiger partial charge in [-0.05, 0) is 79.3 Å². The molecule has 0 bridgehead atoms. The van der Waals surface area contributed by atoms with Gasteiger partial charge in [0.1, 0.15) is 10.8 Å². The highest BCUT2D eigenvalue weighted by atomic mass is 32.2. The summed E-state index contributed by atoms with van der Waals surface area (Å²) in [5.41, 5.74) is 1.49. The van der Waals surface area contributed by atoms with Gasteiger partial charge in [-0.15, -0.1) is 11.3 Å². The van der Waals surface area contributed by atoms with E-state index in [1.807, 2.05) is 0 Å². The highest BCUT2D eigenvalue weighted by molar-refractivity contribution is 7.92. The fourth-order valence-electron chi connectivity index (χ4n) is 3.98. The van der Waals surface area contributed by atoms with Crippen molar-refractivity contribution in [3.63, 3.8) is 0 Å². The van der Waals surface area contributed by atoms with Gasteiger partial charge >= 0.3 is 6.09 Å². The molecular weight excluding hydrogens is 521 g/mol. The summed E-state index contributed by atoms with van der Waals surface area (Å²) in [5.74, 6) is -1.29. The second kappa shape index (κ2) is 10.7. The Kier molecular flexibility index (Phi) is 7.60. The van der Waals surface area contributed by atoms with Crippen LogP contribution < -0.4 is 15.4 Å². The summed E-state index contributed by atoms with van der Waals surface area (Å²) >= 11 is 1.30. The number of amides is 3. The SMILES string of the molecule is COC(=O)NC(=O)c1c(NC(=O)c2ccc(NS(=O)(=O)c3ccc(F)cc3)cc2)sc2c1CCC(C)C2. The quantitative estimate of drug-likeness (QED) is 0.416. The largest absolute Gasteiger partial charge is 0.453 e. The Morgan fingerprint density at radius 2 is 1.70 bits per heavy atom. The molecule has 3 N–H and O–H groups in total. The lowest BCUT2D eigenvalue weighted by atomic mass is 9.88. The third kappa shape index (κ3) is 5.97. The lowest BCUT2D eigenvalue weighted by Gasteiger charge is -2.18. The van der Waals surface area contributed by atoms with Crippen molar-refractivity contribution in [1.29, 1.82) is 0 Å². The molecule has 0 saturated heterocycles. The number of hydrogen-bond donors (Lipinski definition) is 3. The average molecular weight is 546 g/mol. The minimum Gasteiger partial charge on any atom is -0.453 e. The van der Waals surface area contributed by atoms with Crippen LogP contribution in [0.1, 0.15) is 44.5 Å². The number of methoxy groups -OCH3 is 1. The molecule has 0 spiro atoms. The van der Waals surface area contributed by atoms with Gasteiger partial charge in [0, 0.05) is 16.1 Å². The van der Waals surface area contributed by atoms with Crippen molar-refractivity contribution in [3.8, 4) is 0 Å². The van der Waals surface area contributed by atoms with E-state index in [0.29, 0.717) is 17.3 Å². The van der Waals surface area contributed by atoms with Crippen molar-refractivity contribution in [2.24, 2.45) is 5.92 Å². The number of alkyl carbamates (subject to hydrolysis) is 1. The van der Waals surface area contributed by atoms with Crippen LogP contribution >= 0.6 is 11.3 Å². The van der Waals surface area contributed by atoms with Crippen LogP contribution in [0.2, 0.25) is 0 Å². The highest BCUT2D eigenvalue weighted by Crippen LogP contribution is 2.40. The molecule has 3 aromatic rings. The van der Waals surface area contributed by atoms with Gasteiger partial charge < -0.3 is 10.1 Å². The molecule has 1 aromatic heterocycles. The summed E-state index contributed by atoms with van der Waals surface area (Å²) in [4.78, 5) is 38.3. The molecule has 0 radical (unpaired) electrons. The molecule has 4 rings (SSSR count). The summed E-state index contributed by atoms with van der Waals surface area (Å²) in [6.07, 6.45) is 1.39. The smallest absolute Gasteiger partial charge is 0.413 e. The molecule has 9 nitrogen and oxygen atoms in total. The third-order valence-electron chi connectivity index (χ3n) is 5.89. The fraction of sp³-hybridized carbons (Fsp3) is 0.240. The predicted octanol–water partition coefficient (Wildman–Crippen LogP) is 4.56. The van der Waals surface area contributed by atoms with E-state index in [4.69, 9.17) is 0 Å². The van der Waals surface area contributed by atoms with Gasteiger partial charge in [0.15, 0.2) is 0 Å². The number of fused-ring (bicyclic) bond motifs is 1. The van der Waals surface area contributed by atoms with Gasteiger partial charge in [-0.2, -0.15) is 0 Å². The van der Waals surface area contributed by atoms with Gasteiger partial charge in [-0.3, -0.25) is 19.6 Å². The highest BCUT2D eigenvalue weighted by Gasteiger charge is 2.29. The Balaban J connectivity index is 1.53. The monoisotopic (exact) mass is 545 g/mol. The number of anilines is 2. The number of nitrogens with one attached hydrogen (secondary N) is 3. The number of ether oxygens (including phenoxy) is 1. The number of sulfonamides is 1. The minimum atomic E-state index is -3.94. The Morgan fingerprint density at radius 1 is 1.03 bits per heavy atom. The molecule has 2 aromatic carbocycles. The number of halogens is 1. The Bertz CT molecular complexity index is 1450. The summed E-state index contributed by atoms with van der Waals surface area (Å²) in [6, 6.07) is 10.1. The summed E-state index contributed by atoms with van der Waals surface area (Å²) < 4.78 is 45.0. The maximum absolute atomic E-state index is 13.1. The van der Waals surface area contributed by atoms with Crippen LogP contribution in [-0.4, -0.2) is 33.4 Å². The number of hydrogen-bond acceptors (Lipinski definition) is 7. The van der Waals surface area contributed by atoms with Crippen LogP contribution in [0.5, 0.6) is 0 Å². The number of thiophene rings is 1. The molecule has 1 heterocycles. The van der Waals surface area contributed by atoms with Crippen LogP contribution in [0.15, 0.2) is 53.4 Å². The van der Waals surface area contributed by atoms with E-state index in [-0.39, 0.29) is 21.7 Å². The number of benzene rings is 2. The summed E-state index contributed by atoms with van der Waals surface area (Å²) in [5, 5.41) is 5.25. The first kappa shape index (κ1) is 26.3. The zero-order chi connectivity index (χ0) is 26.7. The van der Waals surface area contributed by atoms with Crippen LogP contribution in [-0.2, 0) is 27.6 Å². The Morgan fingerprint density at radius 3 is 2.35 bits per heavy atom. The third-order valence-corrected chi connectivity index (χ3v) is 8.46. The molecule has 194 valence electrons. The molecule has 1 atom stereocenters. The molecule has 1 aliphatic carbocycles. The maximum atomic E-state index is 13.1. The van der Waals surface area contributed by atoms with E-state index < -0.39 is 33.7 Å². The second-order valence-electron chi connectivity index (χ2n) is 8.59. The summed E-state index contributed by atoms with van der Waals surface area (Å²) in [6.45, 7) is 2.11. The van der Waals surface area contributed by atoms with E-state index in [2.05, 4.69) is 27.0 Å². The molecule has 0 fully saturated rings. The first-order valence-electron chi connectivity index (χ1n) is 11.3. The van der Waals surface area contributed by atoms with Gasteiger partial charge in [-0.25, -0.2) is 17.6 Å². The predicted molar refractivity (Wildman–Crippen MR) is 137 cm³/mol. The average Bonchev–Trinajstić information content (AvgIpc) is 3.21. The van der Waals surface area contributed by atoms with Crippen LogP contribution in [0.4, 0.5) is 19.9 Å². The zero-order valence-corrected chi connectivity index (χ0v) is 21.6. The van der Waals surface area contributed by atoms with Crippen LogP contribution in [0, 0.1) is 11.7 Å². The second-order valence-corrected chi connectivity index (χ2v) is 11.4. The van der Waals surface area contributed by atoms with Gasteiger partial charge in [-0.1, -0.05) is 6.92 Å². The first-order valence-corrected chi connectivity index (χ1v) is 13.6. The van der Waals surface area contributed by atoms with Crippen molar-refractivity contribution >= 4 is 50.0 Å². The van der Waals surface area contributed by atoms with Crippen molar-refractivity contribution < 1.29 is 31.9 Å². The normalized spacial score (nSPS) is 14.8. The number of imide groups is 1. The number of carbonyl (C=O) groups is 3. The zero-order valence-electron chi connectivity index (χ0n) is 20.0. The Labute approximate surface area is 217 Å². The van der Waals surface area contributed by atoms with Gasteiger partial charge in [0.2, 0.25) is 0 Å². The molecule has 0 saturated carbocycles. The Hall–Kier alpha value is -3.77.